The molecule has 0 N–H and O–H groups in total. The van der Waals surface area contributed by atoms with Crippen LogP contribution in [0, 0.1) is 5.92 Å². The van der Waals surface area contributed by atoms with Gasteiger partial charge < -0.3 is 0 Å². The highest BCUT2D eigenvalue weighted by Crippen LogP contribution is 2.26. The zero-order valence-electron chi connectivity index (χ0n) is 13.7. The molecule has 0 aliphatic rings. The van der Waals surface area contributed by atoms with E-state index in [0.29, 0.717) is 5.92 Å². The first-order valence-corrected chi connectivity index (χ1v) is 7.72. The highest BCUT2D eigenvalue weighted by Gasteiger charge is 2.13. The van der Waals surface area contributed by atoms with Crippen LogP contribution in [-0.4, -0.2) is 0 Å². The van der Waals surface area contributed by atoms with Gasteiger partial charge in [-0.2, -0.15) is 0 Å². The van der Waals surface area contributed by atoms with Crippen LogP contribution in [0.25, 0.3) is 11.1 Å². The lowest BCUT2D eigenvalue weighted by Crippen LogP contribution is -2.10. The highest BCUT2D eigenvalue weighted by molar-refractivity contribution is 5.64. The van der Waals surface area contributed by atoms with Crippen LogP contribution in [0.5, 0.6) is 0 Å². The first-order valence-electron chi connectivity index (χ1n) is 7.72. The maximum absolute atomic E-state index is 3.85. The van der Waals surface area contributed by atoms with Crippen LogP contribution >= 0.6 is 0 Å². The van der Waals surface area contributed by atoms with Gasteiger partial charge in [0.15, 0.2) is 0 Å². The second-order valence-electron chi connectivity index (χ2n) is 6.94. The molecule has 0 fully saturated rings. The zero-order valence-corrected chi connectivity index (χ0v) is 13.7. The van der Waals surface area contributed by atoms with Crippen molar-refractivity contribution in [2.24, 2.45) is 5.92 Å². The molecule has 0 heterocycles. The van der Waals surface area contributed by atoms with Gasteiger partial charge in [0.1, 0.15) is 0 Å². The van der Waals surface area contributed by atoms with Gasteiger partial charge in [0.05, 0.1) is 0 Å². The largest absolute Gasteiger partial charge is 0.103 e. The van der Waals surface area contributed by atoms with Crippen molar-refractivity contribution in [2.75, 3.05) is 0 Å². The Hall–Kier alpha value is -1.82. The minimum atomic E-state index is 0.212. The molecule has 0 saturated carbocycles. The third kappa shape index (κ3) is 4.07. The maximum Gasteiger partial charge on any atom is -0.0132 e. The first kappa shape index (κ1) is 15.6. The second-order valence-corrected chi connectivity index (χ2v) is 6.94. The molecule has 21 heavy (non-hydrogen) atoms. The molecule has 0 nitrogen and oxygen atoms in total. The summed E-state index contributed by atoms with van der Waals surface area (Å²) in [4.78, 5) is 0. The molecule has 110 valence electrons. The summed E-state index contributed by atoms with van der Waals surface area (Å²) in [6, 6.07) is 17.8. The van der Waals surface area contributed by atoms with Gasteiger partial charge in [-0.1, -0.05) is 82.3 Å². The summed E-state index contributed by atoms with van der Waals surface area (Å²) in [5, 5.41) is 0. The number of rotatable bonds is 4. The van der Waals surface area contributed by atoms with Crippen LogP contribution in [-0.2, 0) is 11.8 Å². The average molecular weight is 278 g/mol. The zero-order chi connectivity index (χ0) is 15.5. The Labute approximate surface area is 129 Å². The molecule has 0 aliphatic carbocycles. The van der Waals surface area contributed by atoms with Gasteiger partial charge in [0.25, 0.3) is 0 Å². The summed E-state index contributed by atoms with van der Waals surface area (Å²) >= 11 is 0. The Bertz CT molecular complexity index is 579. The van der Waals surface area contributed by atoms with E-state index in [1.165, 1.54) is 22.3 Å². The predicted octanol–water partition coefficient (Wildman–Crippen LogP) is 6.02. The minimum Gasteiger partial charge on any atom is -0.103 e. The molecule has 0 aliphatic heterocycles. The van der Waals surface area contributed by atoms with Gasteiger partial charge in [-0.3, -0.25) is 0 Å². The SMILES string of the molecule is C=CC(C)Cc1ccc(-c2ccc(C(C)(C)C)cc2)cc1. The molecule has 0 saturated heterocycles. The summed E-state index contributed by atoms with van der Waals surface area (Å²) < 4.78 is 0. The van der Waals surface area contributed by atoms with E-state index in [0.717, 1.165) is 6.42 Å². The van der Waals surface area contributed by atoms with Crippen LogP contribution in [0.2, 0.25) is 0 Å². The molecule has 0 aromatic heterocycles. The predicted molar refractivity (Wildman–Crippen MR) is 93.6 cm³/mol. The minimum absolute atomic E-state index is 0.212. The number of benzene rings is 2. The molecule has 2 rings (SSSR count). The third-order valence-electron chi connectivity index (χ3n) is 4.00. The molecular formula is C21H26. The fourth-order valence-corrected chi connectivity index (χ4v) is 2.45. The van der Waals surface area contributed by atoms with Crippen molar-refractivity contribution in [1.29, 1.82) is 0 Å². The number of hydrogen-bond donors (Lipinski definition) is 0. The van der Waals surface area contributed by atoms with E-state index in [4.69, 9.17) is 0 Å². The van der Waals surface area contributed by atoms with Gasteiger partial charge in [0, 0.05) is 0 Å². The quantitative estimate of drug-likeness (QED) is 0.600. The van der Waals surface area contributed by atoms with Crippen LogP contribution in [0.15, 0.2) is 61.2 Å². The Morgan fingerprint density at radius 3 is 1.81 bits per heavy atom. The van der Waals surface area contributed by atoms with E-state index < -0.39 is 0 Å². The van der Waals surface area contributed by atoms with E-state index in [2.05, 4.69) is 82.8 Å². The van der Waals surface area contributed by atoms with Crippen LogP contribution < -0.4 is 0 Å². The Balaban J connectivity index is 2.17. The Morgan fingerprint density at radius 1 is 0.905 bits per heavy atom. The van der Waals surface area contributed by atoms with Crippen molar-refractivity contribution in [1.82, 2.24) is 0 Å². The summed E-state index contributed by atoms with van der Waals surface area (Å²) in [6.45, 7) is 12.8. The van der Waals surface area contributed by atoms with E-state index in [1.807, 2.05) is 6.08 Å². The molecule has 1 atom stereocenters. The van der Waals surface area contributed by atoms with Crippen molar-refractivity contribution in [3.63, 3.8) is 0 Å². The van der Waals surface area contributed by atoms with E-state index in [1.54, 1.807) is 0 Å². The third-order valence-corrected chi connectivity index (χ3v) is 4.00. The lowest BCUT2D eigenvalue weighted by molar-refractivity contribution is 0.590. The van der Waals surface area contributed by atoms with Crippen LogP contribution in [0.4, 0.5) is 0 Å². The second kappa shape index (κ2) is 6.30. The van der Waals surface area contributed by atoms with E-state index >= 15 is 0 Å². The average Bonchev–Trinajstić information content (AvgIpc) is 2.47. The van der Waals surface area contributed by atoms with Gasteiger partial charge >= 0.3 is 0 Å². The lowest BCUT2D eigenvalue weighted by atomic mass is 9.86. The molecule has 0 heteroatoms. The van der Waals surface area contributed by atoms with Crippen LogP contribution in [0.3, 0.4) is 0 Å². The van der Waals surface area contributed by atoms with Crippen LogP contribution in [0.1, 0.15) is 38.8 Å². The monoisotopic (exact) mass is 278 g/mol. The Morgan fingerprint density at radius 2 is 1.38 bits per heavy atom. The lowest BCUT2D eigenvalue weighted by Gasteiger charge is -2.19. The molecule has 0 radical (unpaired) electrons. The number of hydrogen-bond acceptors (Lipinski definition) is 0. The summed E-state index contributed by atoms with van der Waals surface area (Å²) in [5.41, 5.74) is 5.53. The topological polar surface area (TPSA) is 0 Å². The fourth-order valence-electron chi connectivity index (χ4n) is 2.45. The Kier molecular flexibility index (Phi) is 4.67. The molecule has 0 spiro atoms. The van der Waals surface area contributed by atoms with Crippen molar-refractivity contribution < 1.29 is 0 Å². The molecule has 2 aromatic rings. The first-order chi connectivity index (χ1) is 9.90. The van der Waals surface area contributed by atoms with Gasteiger partial charge in [0.2, 0.25) is 0 Å². The summed E-state index contributed by atoms with van der Waals surface area (Å²) in [7, 11) is 0. The maximum atomic E-state index is 3.85. The molecule has 0 amide bonds. The highest BCUT2D eigenvalue weighted by atomic mass is 14.2. The fraction of sp³-hybridized carbons (Fsp3) is 0.333. The molecule has 1 unspecified atom stereocenters. The van der Waals surface area contributed by atoms with E-state index in [9.17, 15) is 0 Å². The molecule has 2 aromatic carbocycles. The molecular weight excluding hydrogens is 252 g/mol. The standard InChI is InChI=1S/C21H26/c1-6-16(2)15-17-7-9-18(10-8-17)19-11-13-20(14-12-19)21(3,4)5/h6-14,16H,1,15H2,2-5H3. The van der Waals surface area contributed by atoms with Crippen molar-refractivity contribution in [2.45, 2.75) is 39.5 Å². The van der Waals surface area contributed by atoms with Crippen molar-refractivity contribution in [3.8, 4) is 11.1 Å². The normalized spacial score (nSPS) is 13.0. The van der Waals surface area contributed by atoms with Crippen molar-refractivity contribution >= 4 is 0 Å². The summed E-state index contributed by atoms with van der Waals surface area (Å²) in [6.07, 6.45) is 3.08. The smallest absolute Gasteiger partial charge is 0.0132 e. The number of allylic oxidation sites excluding steroid dienone is 1. The van der Waals surface area contributed by atoms with Gasteiger partial charge in [-0.05, 0) is 40.0 Å². The van der Waals surface area contributed by atoms with Crippen molar-refractivity contribution in [3.05, 3.63) is 72.3 Å². The molecule has 0 bridgehead atoms. The van der Waals surface area contributed by atoms with Gasteiger partial charge in [-0.25, -0.2) is 0 Å². The van der Waals surface area contributed by atoms with E-state index in [-0.39, 0.29) is 5.41 Å². The summed E-state index contributed by atoms with van der Waals surface area (Å²) in [5.74, 6) is 0.530. The van der Waals surface area contributed by atoms with Gasteiger partial charge in [-0.15, -0.1) is 6.58 Å².